The summed E-state index contributed by atoms with van der Waals surface area (Å²) in [4.78, 5) is 18.1. The Balaban J connectivity index is 2.12. The van der Waals surface area contributed by atoms with Crippen LogP contribution in [0.1, 0.15) is 16.2 Å². The van der Waals surface area contributed by atoms with Crippen LogP contribution in [0.2, 0.25) is 0 Å². The quantitative estimate of drug-likeness (QED) is 0.873. The van der Waals surface area contributed by atoms with E-state index in [1.54, 1.807) is 18.1 Å². The molecule has 1 amide bonds. The fourth-order valence-electron chi connectivity index (χ4n) is 1.67. The van der Waals surface area contributed by atoms with E-state index in [0.717, 1.165) is 10.3 Å². The molecule has 0 aliphatic carbocycles. The van der Waals surface area contributed by atoms with Gasteiger partial charge >= 0.3 is 0 Å². The average Bonchev–Trinajstić information content (AvgIpc) is 2.74. The highest BCUT2D eigenvalue weighted by atomic mass is 79.9. The van der Waals surface area contributed by atoms with Gasteiger partial charge in [-0.15, -0.1) is 0 Å². The first-order valence-electron chi connectivity index (χ1n) is 5.55. The fourth-order valence-corrected chi connectivity index (χ4v) is 2.07. The van der Waals surface area contributed by atoms with E-state index in [1.165, 1.54) is 0 Å². The van der Waals surface area contributed by atoms with Crippen molar-refractivity contribution in [2.24, 2.45) is 7.05 Å². The first-order chi connectivity index (χ1) is 8.58. The normalized spacial score (nSPS) is 10.4. The van der Waals surface area contributed by atoms with Gasteiger partial charge in [0.15, 0.2) is 0 Å². The maximum Gasteiger partial charge on any atom is 0.254 e. The molecule has 18 heavy (non-hydrogen) atoms. The van der Waals surface area contributed by atoms with Gasteiger partial charge in [0.2, 0.25) is 0 Å². The van der Waals surface area contributed by atoms with Gasteiger partial charge < -0.3 is 9.47 Å². The van der Waals surface area contributed by atoms with Crippen LogP contribution >= 0.6 is 15.9 Å². The van der Waals surface area contributed by atoms with Gasteiger partial charge in [-0.2, -0.15) is 0 Å². The van der Waals surface area contributed by atoms with Crippen molar-refractivity contribution in [3.8, 4) is 0 Å². The van der Waals surface area contributed by atoms with Crippen molar-refractivity contribution in [1.82, 2.24) is 14.5 Å². The minimum Gasteiger partial charge on any atom is -0.337 e. The van der Waals surface area contributed by atoms with E-state index < -0.39 is 0 Å². The molecule has 4 nitrogen and oxygen atoms in total. The monoisotopic (exact) mass is 307 g/mol. The number of hydrogen-bond acceptors (Lipinski definition) is 2. The Hall–Kier alpha value is -1.62. The topological polar surface area (TPSA) is 38.1 Å². The second kappa shape index (κ2) is 5.35. The summed E-state index contributed by atoms with van der Waals surface area (Å²) in [6, 6.07) is 7.38. The number of hydrogen-bond donors (Lipinski definition) is 0. The summed E-state index contributed by atoms with van der Waals surface area (Å²) >= 11 is 3.36. The number of nitrogens with zero attached hydrogens (tertiary/aromatic N) is 3. The number of imidazole rings is 1. The van der Waals surface area contributed by atoms with E-state index in [4.69, 9.17) is 0 Å². The third kappa shape index (κ3) is 2.79. The fraction of sp³-hybridized carbons (Fsp3) is 0.231. The molecule has 2 rings (SSSR count). The molecular weight excluding hydrogens is 294 g/mol. The van der Waals surface area contributed by atoms with Crippen molar-refractivity contribution in [1.29, 1.82) is 0 Å². The van der Waals surface area contributed by atoms with Crippen LogP contribution in [0.15, 0.2) is 41.1 Å². The lowest BCUT2D eigenvalue weighted by Gasteiger charge is -2.17. The summed E-state index contributed by atoms with van der Waals surface area (Å²) in [6.07, 6.45) is 3.60. The molecule has 0 radical (unpaired) electrons. The lowest BCUT2D eigenvalue weighted by atomic mass is 10.2. The van der Waals surface area contributed by atoms with Gasteiger partial charge in [0, 0.05) is 36.5 Å². The number of aromatic nitrogens is 2. The highest BCUT2D eigenvalue weighted by Crippen LogP contribution is 2.13. The number of aryl methyl sites for hydroxylation is 1. The predicted molar refractivity (Wildman–Crippen MR) is 73.1 cm³/mol. The molecule has 2 aromatic rings. The molecule has 1 aromatic carbocycles. The molecule has 0 bridgehead atoms. The summed E-state index contributed by atoms with van der Waals surface area (Å²) in [5, 5.41) is 0. The first kappa shape index (κ1) is 12.8. The summed E-state index contributed by atoms with van der Waals surface area (Å²) in [6.45, 7) is 0.495. The van der Waals surface area contributed by atoms with Crippen LogP contribution in [-0.2, 0) is 13.6 Å². The van der Waals surface area contributed by atoms with Crippen LogP contribution in [0.3, 0.4) is 0 Å². The average molecular weight is 308 g/mol. The standard InChI is InChI=1S/C13H14BrN3O/c1-16-7-6-15-12(16)9-17(2)13(18)10-4-3-5-11(14)8-10/h3-8H,9H2,1-2H3. The SMILES string of the molecule is CN(Cc1nccn1C)C(=O)c1cccc(Br)c1. The number of halogens is 1. The Bertz CT molecular complexity index is 565. The Kier molecular flexibility index (Phi) is 3.81. The molecule has 0 saturated heterocycles. The van der Waals surface area contributed by atoms with Crippen molar-refractivity contribution < 1.29 is 4.79 Å². The van der Waals surface area contributed by atoms with Crippen molar-refractivity contribution in [3.05, 3.63) is 52.5 Å². The predicted octanol–water partition coefficient (Wildman–Crippen LogP) is 2.45. The van der Waals surface area contributed by atoms with Gasteiger partial charge in [-0.1, -0.05) is 22.0 Å². The number of benzene rings is 1. The van der Waals surface area contributed by atoms with Gasteiger partial charge in [0.05, 0.1) is 6.54 Å². The number of rotatable bonds is 3. The number of amides is 1. The molecule has 0 fully saturated rings. The molecule has 1 heterocycles. The Morgan fingerprint density at radius 2 is 2.28 bits per heavy atom. The molecule has 0 unspecified atom stereocenters. The van der Waals surface area contributed by atoms with Gasteiger partial charge in [0.25, 0.3) is 5.91 Å². The zero-order chi connectivity index (χ0) is 13.1. The molecule has 0 saturated carbocycles. The zero-order valence-corrected chi connectivity index (χ0v) is 11.9. The number of carbonyl (C=O) groups is 1. The van der Waals surface area contributed by atoms with E-state index in [0.29, 0.717) is 12.1 Å². The minimum atomic E-state index is -0.0145. The first-order valence-corrected chi connectivity index (χ1v) is 6.34. The van der Waals surface area contributed by atoms with Crippen molar-refractivity contribution in [2.75, 3.05) is 7.05 Å². The Morgan fingerprint density at radius 1 is 1.50 bits per heavy atom. The van der Waals surface area contributed by atoms with Crippen molar-refractivity contribution in [2.45, 2.75) is 6.54 Å². The molecule has 0 atom stereocenters. The molecule has 0 N–H and O–H groups in total. The number of carbonyl (C=O) groups excluding carboxylic acids is 1. The maximum absolute atomic E-state index is 12.2. The van der Waals surface area contributed by atoms with E-state index >= 15 is 0 Å². The van der Waals surface area contributed by atoms with Crippen LogP contribution in [0.5, 0.6) is 0 Å². The van der Waals surface area contributed by atoms with Crippen molar-refractivity contribution in [3.63, 3.8) is 0 Å². The molecular formula is C13H14BrN3O. The highest BCUT2D eigenvalue weighted by Gasteiger charge is 2.13. The summed E-state index contributed by atoms with van der Waals surface area (Å²) in [7, 11) is 3.69. The summed E-state index contributed by atoms with van der Waals surface area (Å²) in [5.74, 6) is 0.847. The van der Waals surface area contributed by atoms with E-state index in [9.17, 15) is 4.79 Å². The summed E-state index contributed by atoms with van der Waals surface area (Å²) in [5.41, 5.74) is 0.668. The largest absolute Gasteiger partial charge is 0.337 e. The zero-order valence-electron chi connectivity index (χ0n) is 10.3. The van der Waals surface area contributed by atoms with Gasteiger partial charge in [-0.25, -0.2) is 4.98 Å². The molecule has 5 heteroatoms. The second-order valence-corrected chi connectivity index (χ2v) is 5.04. The summed E-state index contributed by atoms with van der Waals surface area (Å²) < 4.78 is 2.81. The van der Waals surface area contributed by atoms with Crippen LogP contribution < -0.4 is 0 Å². The Morgan fingerprint density at radius 3 is 2.89 bits per heavy atom. The third-order valence-corrected chi connectivity index (χ3v) is 3.21. The van der Waals surface area contributed by atoms with Crippen LogP contribution in [-0.4, -0.2) is 27.4 Å². The van der Waals surface area contributed by atoms with Crippen LogP contribution in [0.25, 0.3) is 0 Å². The lowest BCUT2D eigenvalue weighted by molar-refractivity contribution is 0.0780. The third-order valence-electron chi connectivity index (χ3n) is 2.72. The second-order valence-electron chi connectivity index (χ2n) is 4.13. The minimum absolute atomic E-state index is 0.0145. The smallest absolute Gasteiger partial charge is 0.254 e. The molecule has 0 spiro atoms. The van der Waals surface area contributed by atoms with Crippen LogP contribution in [0.4, 0.5) is 0 Å². The van der Waals surface area contributed by atoms with E-state index in [1.807, 2.05) is 42.1 Å². The van der Waals surface area contributed by atoms with Crippen LogP contribution in [0, 0.1) is 0 Å². The maximum atomic E-state index is 12.2. The molecule has 0 aliphatic heterocycles. The molecule has 94 valence electrons. The molecule has 0 aliphatic rings. The van der Waals surface area contributed by atoms with E-state index in [2.05, 4.69) is 20.9 Å². The lowest BCUT2D eigenvalue weighted by Crippen LogP contribution is -2.27. The van der Waals surface area contributed by atoms with Gasteiger partial charge in [0.1, 0.15) is 5.82 Å². The van der Waals surface area contributed by atoms with Crippen molar-refractivity contribution >= 4 is 21.8 Å². The van der Waals surface area contributed by atoms with Gasteiger partial charge in [-0.3, -0.25) is 4.79 Å². The molecule has 1 aromatic heterocycles. The van der Waals surface area contributed by atoms with Gasteiger partial charge in [-0.05, 0) is 18.2 Å². The Labute approximate surface area is 114 Å². The van der Waals surface area contributed by atoms with E-state index in [-0.39, 0.29) is 5.91 Å². The highest BCUT2D eigenvalue weighted by molar-refractivity contribution is 9.10.